The first-order valence-corrected chi connectivity index (χ1v) is 11.9. The van der Waals surface area contributed by atoms with Gasteiger partial charge in [-0.2, -0.15) is 23.5 Å². The van der Waals surface area contributed by atoms with Crippen LogP contribution >= 0.6 is 23.5 Å². The summed E-state index contributed by atoms with van der Waals surface area (Å²) in [6, 6.07) is -0.0666. The molecule has 0 heterocycles. The van der Waals surface area contributed by atoms with Crippen LogP contribution in [0.25, 0.3) is 0 Å². The molecular formula is C18H40N2O2S2. The Morgan fingerprint density at radius 2 is 0.875 bits per heavy atom. The van der Waals surface area contributed by atoms with E-state index in [0.717, 1.165) is 24.3 Å². The molecule has 0 aromatic carbocycles. The van der Waals surface area contributed by atoms with Gasteiger partial charge in [0.2, 0.25) is 0 Å². The number of aliphatic hydroxyl groups excluding tert-OH is 2. The minimum Gasteiger partial charge on any atom is -0.395 e. The van der Waals surface area contributed by atoms with Crippen LogP contribution in [0.5, 0.6) is 0 Å². The molecule has 0 fully saturated rings. The molecule has 0 aliphatic heterocycles. The molecule has 0 radical (unpaired) electrons. The third kappa shape index (κ3) is 18.9. The topological polar surface area (TPSA) is 92.5 Å². The first-order valence-electron chi connectivity index (χ1n) is 9.59. The smallest absolute Gasteiger partial charge is 0.0582 e. The zero-order chi connectivity index (χ0) is 17.9. The molecule has 0 saturated heterocycles. The molecule has 24 heavy (non-hydrogen) atoms. The van der Waals surface area contributed by atoms with E-state index in [0.29, 0.717) is 0 Å². The van der Waals surface area contributed by atoms with Crippen LogP contribution in [0.3, 0.4) is 0 Å². The van der Waals surface area contributed by atoms with E-state index in [2.05, 4.69) is 0 Å². The minimum atomic E-state index is -0.0333. The van der Waals surface area contributed by atoms with Crippen molar-refractivity contribution in [1.29, 1.82) is 0 Å². The lowest BCUT2D eigenvalue weighted by Gasteiger charge is -2.07. The Labute approximate surface area is 157 Å². The van der Waals surface area contributed by atoms with Crippen molar-refractivity contribution in [2.45, 2.75) is 76.3 Å². The van der Waals surface area contributed by atoms with Gasteiger partial charge in [-0.15, -0.1) is 0 Å². The number of hydrogen-bond donors (Lipinski definition) is 4. The molecular weight excluding hydrogens is 340 g/mol. The van der Waals surface area contributed by atoms with Gasteiger partial charge in [-0.1, -0.05) is 38.5 Å². The molecule has 2 unspecified atom stereocenters. The fraction of sp³-hybridized carbons (Fsp3) is 1.00. The fourth-order valence-electron chi connectivity index (χ4n) is 2.33. The van der Waals surface area contributed by atoms with Gasteiger partial charge in [-0.05, 0) is 48.7 Å². The number of hydrogen-bond acceptors (Lipinski definition) is 6. The van der Waals surface area contributed by atoms with E-state index in [4.69, 9.17) is 21.7 Å². The van der Waals surface area contributed by atoms with Crippen molar-refractivity contribution >= 4 is 23.5 Å². The van der Waals surface area contributed by atoms with Crippen LogP contribution in [0.4, 0.5) is 0 Å². The lowest BCUT2D eigenvalue weighted by Crippen LogP contribution is -2.24. The standard InChI is InChI=1S/C18H40N2O2S2/c19-17(15-21)9-13-23-11-7-5-3-1-2-4-6-8-12-24-14-10-18(20)16-22/h17-18,21-22H,1-16,19-20H2. The Morgan fingerprint density at radius 3 is 1.21 bits per heavy atom. The van der Waals surface area contributed by atoms with Gasteiger partial charge >= 0.3 is 0 Å². The maximum atomic E-state index is 8.83. The Bertz CT molecular complexity index is 225. The van der Waals surface area contributed by atoms with Crippen LogP contribution in [0.2, 0.25) is 0 Å². The molecule has 146 valence electrons. The summed E-state index contributed by atoms with van der Waals surface area (Å²) in [4.78, 5) is 0. The molecule has 0 bridgehead atoms. The average Bonchev–Trinajstić information content (AvgIpc) is 2.60. The molecule has 0 saturated carbocycles. The van der Waals surface area contributed by atoms with Gasteiger partial charge < -0.3 is 21.7 Å². The Kier molecular flexibility index (Phi) is 20.3. The SMILES string of the molecule is NC(CO)CCSCCCCCCCCCCSCCC(N)CO. The van der Waals surface area contributed by atoms with Gasteiger partial charge in [0.15, 0.2) is 0 Å². The predicted octanol–water partition coefficient (Wildman–Crippen LogP) is 2.99. The highest BCUT2D eigenvalue weighted by atomic mass is 32.2. The number of rotatable bonds is 19. The monoisotopic (exact) mass is 380 g/mol. The second kappa shape index (κ2) is 19.9. The van der Waals surface area contributed by atoms with E-state index in [1.807, 2.05) is 23.5 Å². The summed E-state index contributed by atoms with van der Waals surface area (Å²) in [5.74, 6) is 4.61. The van der Waals surface area contributed by atoms with E-state index >= 15 is 0 Å². The van der Waals surface area contributed by atoms with Gasteiger partial charge in [-0.25, -0.2) is 0 Å². The second-order valence-corrected chi connectivity index (χ2v) is 8.97. The Balaban J connectivity index is 3.03. The van der Waals surface area contributed by atoms with Gasteiger partial charge in [0.25, 0.3) is 0 Å². The quantitative estimate of drug-likeness (QED) is 0.257. The predicted molar refractivity (Wildman–Crippen MR) is 111 cm³/mol. The third-order valence-electron chi connectivity index (χ3n) is 4.06. The van der Waals surface area contributed by atoms with Crippen molar-refractivity contribution in [3.05, 3.63) is 0 Å². The summed E-state index contributed by atoms with van der Waals surface area (Å²) in [5.41, 5.74) is 11.3. The Morgan fingerprint density at radius 1 is 0.542 bits per heavy atom. The molecule has 0 aromatic heterocycles. The molecule has 0 aliphatic carbocycles. The van der Waals surface area contributed by atoms with Crippen molar-refractivity contribution in [3.8, 4) is 0 Å². The normalized spacial score (nSPS) is 14.0. The number of nitrogens with two attached hydrogens (primary N) is 2. The Hall–Kier alpha value is 0.540. The highest BCUT2D eigenvalue weighted by Crippen LogP contribution is 2.14. The zero-order valence-corrected chi connectivity index (χ0v) is 17.0. The summed E-state index contributed by atoms with van der Waals surface area (Å²) in [6.07, 6.45) is 12.6. The number of unbranched alkanes of at least 4 members (excludes halogenated alkanes) is 7. The van der Waals surface area contributed by atoms with E-state index < -0.39 is 0 Å². The maximum Gasteiger partial charge on any atom is 0.0582 e. The second-order valence-electron chi connectivity index (χ2n) is 6.52. The van der Waals surface area contributed by atoms with Crippen molar-refractivity contribution in [2.24, 2.45) is 11.5 Å². The van der Waals surface area contributed by atoms with E-state index in [1.165, 1.54) is 62.9 Å². The van der Waals surface area contributed by atoms with Gasteiger partial charge in [0.05, 0.1) is 13.2 Å². The van der Waals surface area contributed by atoms with Crippen molar-refractivity contribution in [2.75, 3.05) is 36.2 Å². The van der Waals surface area contributed by atoms with Crippen LogP contribution in [0, 0.1) is 0 Å². The molecule has 0 aliphatic rings. The van der Waals surface area contributed by atoms with Gasteiger partial charge in [0.1, 0.15) is 0 Å². The maximum absolute atomic E-state index is 8.83. The molecule has 0 aromatic rings. The van der Waals surface area contributed by atoms with E-state index in [1.54, 1.807) is 0 Å². The van der Waals surface area contributed by atoms with Crippen LogP contribution in [-0.4, -0.2) is 58.5 Å². The third-order valence-corrected chi connectivity index (χ3v) is 6.27. The van der Waals surface area contributed by atoms with Crippen LogP contribution in [0.15, 0.2) is 0 Å². The molecule has 0 amide bonds. The molecule has 6 heteroatoms. The summed E-state index contributed by atoms with van der Waals surface area (Å²) >= 11 is 3.93. The molecule has 4 nitrogen and oxygen atoms in total. The van der Waals surface area contributed by atoms with Gasteiger partial charge in [-0.3, -0.25) is 0 Å². The zero-order valence-electron chi connectivity index (χ0n) is 15.3. The number of thioether (sulfide) groups is 2. The van der Waals surface area contributed by atoms with E-state index in [9.17, 15) is 0 Å². The first-order chi connectivity index (χ1) is 11.7. The lowest BCUT2D eigenvalue weighted by atomic mass is 10.1. The van der Waals surface area contributed by atoms with Crippen LogP contribution < -0.4 is 11.5 Å². The van der Waals surface area contributed by atoms with Crippen LogP contribution in [-0.2, 0) is 0 Å². The molecule has 0 rings (SSSR count). The molecule has 6 N–H and O–H groups in total. The van der Waals surface area contributed by atoms with Crippen molar-refractivity contribution in [1.82, 2.24) is 0 Å². The largest absolute Gasteiger partial charge is 0.395 e. The highest BCUT2D eigenvalue weighted by Gasteiger charge is 2.00. The van der Waals surface area contributed by atoms with Crippen molar-refractivity contribution in [3.63, 3.8) is 0 Å². The summed E-state index contributed by atoms with van der Waals surface area (Å²) in [7, 11) is 0. The molecule has 2 atom stereocenters. The van der Waals surface area contributed by atoms with Crippen molar-refractivity contribution < 1.29 is 10.2 Å². The number of aliphatic hydroxyl groups is 2. The van der Waals surface area contributed by atoms with Crippen LogP contribution in [0.1, 0.15) is 64.2 Å². The summed E-state index contributed by atoms with van der Waals surface area (Å²) < 4.78 is 0. The minimum absolute atomic E-state index is 0.0333. The van der Waals surface area contributed by atoms with E-state index in [-0.39, 0.29) is 25.3 Å². The summed E-state index contributed by atoms with van der Waals surface area (Å²) in [6.45, 7) is 0.217. The highest BCUT2D eigenvalue weighted by molar-refractivity contribution is 7.99. The first kappa shape index (κ1) is 24.5. The lowest BCUT2D eigenvalue weighted by molar-refractivity contribution is 0.263. The molecule has 0 spiro atoms. The van der Waals surface area contributed by atoms with Gasteiger partial charge in [0, 0.05) is 12.1 Å². The summed E-state index contributed by atoms with van der Waals surface area (Å²) in [5, 5.41) is 17.7. The average molecular weight is 381 g/mol. The fourth-order valence-corrected chi connectivity index (χ4v) is 4.49.